The molecule has 1 atom stereocenters. The zero-order chi connectivity index (χ0) is 10.6. The largest absolute Gasteiger partial charge is 0.508 e. The Kier molecular flexibility index (Phi) is 3.71. The van der Waals surface area contributed by atoms with Gasteiger partial charge < -0.3 is 15.6 Å². The number of hydrogen-bond donors (Lipinski definition) is 2. The summed E-state index contributed by atoms with van der Waals surface area (Å²) in [5.74, 6) is 0.413. The van der Waals surface area contributed by atoms with E-state index in [1.807, 2.05) is 0 Å². The Morgan fingerprint density at radius 2 is 2.29 bits per heavy atom. The highest BCUT2D eigenvalue weighted by atomic mass is 19.1. The van der Waals surface area contributed by atoms with Crippen LogP contribution in [-0.4, -0.2) is 18.8 Å². The van der Waals surface area contributed by atoms with Gasteiger partial charge in [0.2, 0.25) is 0 Å². The fourth-order valence-electron chi connectivity index (χ4n) is 1.26. The zero-order valence-electron chi connectivity index (χ0n) is 8.03. The summed E-state index contributed by atoms with van der Waals surface area (Å²) in [5, 5.41) is 9.15. The highest BCUT2D eigenvalue weighted by molar-refractivity contribution is 5.41. The molecule has 0 aliphatic carbocycles. The Labute approximate surface area is 82.3 Å². The zero-order valence-corrected chi connectivity index (χ0v) is 8.03. The maximum Gasteiger partial charge on any atom is 0.130 e. The van der Waals surface area contributed by atoms with E-state index >= 15 is 0 Å². The third kappa shape index (κ3) is 2.35. The number of nitrogens with two attached hydrogens (primary N) is 1. The van der Waals surface area contributed by atoms with Gasteiger partial charge in [-0.3, -0.25) is 0 Å². The molecule has 1 aromatic carbocycles. The van der Waals surface area contributed by atoms with Crippen LogP contribution >= 0.6 is 0 Å². The highest BCUT2D eigenvalue weighted by Crippen LogP contribution is 2.32. The lowest BCUT2D eigenvalue weighted by molar-refractivity contribution is 0.310. The molecule has 0 bridgehead atoms. The highest BCUT2D eigenvalue weighted by Gasteiger charge is 2.14. The van der Waals surface area contributed by atoms with E-state index < -0.39 is 6.17 Å². The van der Waals surface area contributed by atoms with Crippen LogP contribution in [0.5, 0.6) is 11.5 Å². The van der Waals surface area contributed by atoms with Gasteiger partial charge in [-0.2, -0.15) is 0 Å². The van der Waals surface area contributed by atoms with E-state index in [2.05, 4.69) is 0 Å². The quantitative estimate of drug-likeness (QED) is 0.776. The van der Waals surface area contributed by atoms with Gasteiger partial charge >= 0.3 is 0 Å². The van der Waals surface area contributed by atoms with Crippen LogP contribution < -0.4 is 10.5 Å². The summed E-state index contributed by atoms with van der Waals surface area (Å²) in [5.41, 5.74) is 5.68. The van der Waals surface area contributed by atoms with Gasteiger partial charge in [-0.25, -0.2) is 4.39 Å². The normalized spacial score (nSPS) is 12.5. The van der Waals surface area contributed by atoms with Crippen LogP contribution in [0.3, 0.4) is 0 Å². The van der Waals surface area contributed by atoms with Crippen LogP contribution in [0.25, 0.3) is 0 Å². The standard InChI is InChI=1S/C10H14FNO2/c1-14-10-6-7(13)2-3-8(10)9(11)4-5-12/h2-3,6,9,13H,4-5,12H2,1H3. The number of alkyl halides is 1. The van der Waals surface area contributed by atoms with E-state index in [0.717, 1.165) is 0 Å². The number of phenols is 1. The molecule has 3 nitrogen and oxygen atoms in total. The summed E-state index contributed by atoms with van der Waals surface area (Å²) in [4.78, 5) is 0. The average Bonchev–Trinajstić information content (AvgIpc) is 2.17. The summed E-state index contributed by atoms with van der Waals surface area (Å²) in [6, 6.07) is 4.33. The van der Waals surface area contributed by atoms with Gasteiger partial charge in [0.05, 0.1) is 7.11 Å². The molecule has 78 valence electrons. The van der Waals surface area contributed by atoms with Gasteiger partial charge in [-0.15, -0.1) is 0 Å². The molecule has 0 saturated carbocycles. The summed E-state index contributed by atoms with van der Waals surface area (Å²) in [7, 11) is 1.44. The summed E-state index contributed by atoms with van der Waals surface area (Å²) in [6.45, 7) is 0.283. The maximum atomic E-state index is 13.5. The summed E-state index contributed by atoms with van der Waals surface area (Å²) >= 11 is 0. The van der Waals surface area contributed by atoms with E-state index in [4.69, 9.17) is 15.6 Å². The number of benzene rings is 1. The Bertz CT molecular complexity index is 304. The van der Waals surface area contributed by atoms with Crippen molar-refractivity contribution in [2.45, 2.75) is 12.6 Å². The van der Waals surface area contributed by atoms with Crippen molar-refractivity contribution < 1.29 is 14.2 Å². The number of halogens is 1. The van der Waals surface area contributed by atoms with Gasteiger partial charge in [0.25, 0.3) is 0 Å². The number of phenolic OH excluding ortho intramolecular Hbond substituents is 1. The van der Waals surface area contributed by atoms with Gasteiger partial charge in [0, 0.05) is 11.6 Å². The lowest BCUT2D eigenvalue weighted by atomic mass is 10.1. The number of hydrogen-bond acceptors (Lipinski definition) is 3. The minimum absolute atomic E-state index is 0.0607. The molecule has 0 heterocycles. The van der Waals surface area contributed by atoms with E-state index in [1.165, 1.54) is 25.3 Å². The molecule has 1 rings (SSSR count). The second-order valence-corrected chi connectivity index (χ2v) is 2.97. The van der Waals surface area contributed by atoms with Crippen molar-refractivity contribution in [2.24, 2.45) is 5.73 Å². The number of aromatic hydroxyl groups is 1. The van der Waals surface area contributed by atoms with Crippen molar-refractivity contribution in [3.63, 3.8) is 0 Å². The monoisotopic (exact) mass is 199 g/mol. The van der Waals surface area contributed by atoms with Gasteiger partial charge in [-0.05, 0) is 25.1 Å². The molecular weight excluding hydrogens is 185 g/mol. The molecule has 1 unspecified atom stereocenters. The van der Waals surface area contributed by atoms with Crippen LogP contribution in [-0.2, 0) is 0 Å². The minimum Gasteiger partial charge on any atom is -0.508 e. The summed E-state index contributed by atoms with van der Waals surface area (Å²) < 4.78 is 18.4. The van der Waals surface area contributed by atoms with Crippen molar-refractivity contribution in [1.82, 2.24) is 0 Å². The minimum atomic E-state index is -1.14. The Balaban J connectivity index is 2.95. The van der Waals surface area contributed by atoms with Crippen molar-refractivity contribution >= 4 is 0 Å². The first kappa shape index (κ1) is 10.8. The summed E-state index contributed by atoms with van der Waals surface area (Å²) in [6.07, 6.45) is -0.892. The van der Waals surface area contributed by atoms with Crippen molar-refractivity contribution in [2.75, 3.05) is 13.7 Å². The molecule has 3 N–H and O–H groups in total. The maximum absolute atomic E-state index is 13.5. The third-order valence-corrected chi connectivity index (χ3v) is 1.97. The molecule has 0 aromatic heterocycles. The molecule has 4 heteroatoms. The molecule has 0 spiro atoms. The third-order valence-electron chi connectivity index (χ3n) is 1.97. The topological polar surface area (TPSA) is 55.5 Å². The van der Waals surface area contributed by atoms with E-state index in [9.17, 15) is 4.39 Å². The molecule has 0 saturated heterocycles. The average molecular weight is 199 g/mol. The lowest BCUT2D eigenvalue weighted by Gasteiger charge is -2.12. The van der Waals surface area contributed by atoms with Crippen LogP contribution in [0.4, 0.5) is 4.39 Å². The fourth-order valence-corrected chi connectivity index (χ4v) is 1.26. The number of rotatable bonds is 4. The number of methoxy groups -OCH3 is 1. The van der Waals surface area contributed by atoms with Gasteiger partial charge in [-0.1, -0.05) is 0 Å². The Morgan fingerprint density at radius 1 is 1.57 bits per heavy atom. The van der Waals surface area contributed by atoms with Gasteiger partial charge in [0.1, 0.15) is 17.7 Å². The van der Waals surface area contributed by atoms with Crippen LogP contribution in [0.1, 0.15) is 18.2 Å². The first-order chi connectivity index (χ1) is 6.69. The molecule has 0 fully saturated rings. The molecule has 0 radical (unpaired) electrons. The Hall–Kier alpha value is -1.29. The van der Waals surface area contributed by atoms with Crippen molar-refractivity contribution in [3.05, 3.63) is 23.8 Å². The first-order valence-corrected chi connectivity index (χ1v) is 4.40. The Morgan fingerprint density at radius 3 is 2.86 bits per heavy atom. The van der Waals surface area contributed by atoms with Crippen LogP contribution in [0.15, 0.2) is 18.2 Å². The molecule has 14 heavy (non-hydrogen) atoms. The lowest BCUT2D eigenvalue weighted by Crippen LogP contribution is -2.04. The van der Waals surface area contributed by atoms with Crippen molar-refractivity contribution in [3.8, 4) is 11.5 Å². The van der Waals surface area contributed by atoms with Crippen molar-refractivity contribution in [1.29, 1.82) is 0 Å². The smallest absolute Gasteiger partial charge is 0.130 e. The molecule has 1 aromatic rings. The second kappa shape index (κ2) is 4.81. The first-order valence-electron chi connectivity index (χ1n) is 4.40. The molecule has 0 aliphatic heterocycles. The van der Waals surface area contributed by atoms with Gasteiger partial charge in [0.15, 0.2) is 0 Å². The second-order valence-electron chi connectivity index (χ2n) is 2.97. The molecular formula is C10H14FNO2. The van der Waals surface area contributed by atoms with Crippen LogP contribution in [0.2, 0.25) is 0 Å². The van der Waals surface area contributed by atoms with E-state index in [-0.39, 0.29) is 18.7 Å². The fraction of sp³-hybridized carbons (Fsp3) is 0.400. The predicted molar refractivity (Wildman–Crippen MR) is 52.2 cm³/mol. The molecule has 0 aliphatic rings. The predicted octanol–water partition coefficient (Wildman–Crippen LogP) is 1.76. The number of ether oxygens (including phenoxy) is 1. The SMILES string of the molecule is COc1cc(O)ccc1C(F)CCN. The van der Waals surface area contributed by atoms with Crippen LogP contribution in [0, 0.1) is 0 Å². The van der Waals surface area contributed by atoms with E-state index in [1.54, 1.807) is 0 Å². The van der Waals surface area contributed by atoms with E-state index in [0.29, 0.717) is 11.3 Å². The molecule has 0 amide bonds.